The number of benzene rings is 1. The molecule has 5 nitrogen and oxygen atoms in total. The Hall–Kier alpha value is -1.75. The van der Waals surface area contributed by atoms with Gasteiger partial charge in [-0.3, -0.25) is 0 Å². The predicted molar refractivity (Wildman–Crippen MR) is 96.5 cm³/mol. The molecule has 1 aromatic carbocycles. The topological polar surface area (TPSA) is 46.1 Å². The Morgan fingerprint density at radius 1 is 1.33 bits per heavy atom. The second-order valence-corrected chi connectivity index (χ2v) is 6.69. The molecule has 1 atom stereocenters. The summed E-state index contributed by atoms with van der Waals surface area (Å²) in [5.41, 5.74) is 1.48. The van der Waals surface area contributed by atoms with Crippen LogP contribution in [0.25, 0.3) is 0 Å². The largest absolute Gasteiger partial charge is 0.494 e. The van der Waals surface area contributed by atoms with Crippen molar-refractivity contribution in [2.24, 2.45) is 10.4 Å². The van der Waals surface area contributed by atoms with Crippen LogP contribution in [0.3, 0.4) is 0 Å². The molecule has 0 aliphatic carbocycles. The lowest BCUT2D eigenvalue weighted by atomic mass is 9.87. The van der Waals surface area contributed by atoms with E-state index >= 15 is 0 Å². The molecule has 2 heterocycles. The van der Waals surface area contributed by atoms with Crippen molar-refractivity contribution < 1.29 is 9.47 Å². The molecule has 0 aromatic heterocycles. The van der Waals surface area contributed by atoms with Gasteiger partial charge < -0.3 is 19.7 Å². The van der Waals surface area contributed by atoms with Gasteiger partial charge in [0.25, 0.3) is 0 Å². The Balaban J connectivity index is 1.70. The van der Waals surface area contributed by atoms with Crippen molar-refractivity contribution in [3.8, 4) is 5.75 Å². The van der Waals surface area contributed by atoms with Gasteiger partial charge in [0.05, 0.1) is 19.8 Å². The zero-order valence-corrected chi connectivity index (χ0v) is 14.9. The molecule has 2 aliphatic heterocycles. The number of aliphatic imine (C=N–C) groups is 1. The fourth-order valence-corrected chi connectivity index (χ4v) is 3.60. The summed E-state index contributed by atoms with van der Waals surface area (Å²) in [6.45, 7) is 10.2. The lowest BCUT2D eigenvalue weighted by molar-refractivity contribution is 0.156. The van der Waals surface area contributed by atoms with Gasteiger partial charge in [0.15, 0.2) is 5.96 Å². The molecular weight excluding hydrogens is 302 g/mol. The van der Waals surface area contributed by atoms with E-state index in [2.05, 4.69) is 23.2 Å². The lowest BCUT2D eigenvalue weighted by Crippen LogP contribution is -2.41. The number of guanidine groups is 1. The van der Waals surface area contributed by atoms with E-state index in [0.717, 1.165) is 50.1 Å². The molecule has 1 unspecified atom stereocenters. The van der Waals surface area contributed by atoms with Gasteiger partial charge in [0, 0.05) is 37.2 Å². The maximum Gasteiger partial charge on any atom is 0.194 e. The van der Waals surface area contributed by atoms with Gasteiger partial charge in [-0.2, -0.15) is 0 Å². The first-order valence-corrected chi connectivity index (χ1v) is 9.08. The summed E-state index contributed by atoms with van der Waals surface area (Å²) in [6, 6.07) is 8.16. The van der Waals surface area contributed by atoms with Crippen LogP contribution < -0.4 is 10.1 Å². The molecule has 0 saturated carbocycles. The van der Waals surface area contributed by atoms with E-state index in [0.29, 0.717) is 18.6 Å². The average molecular weight is 331 g/mol. The molecule has 1 spiro atoms. The highest BCUT2D eigenvalue weighted by atomic mass is 16.5. The summed E-state index contributed by atoms with van der Waals surface area (Å²) in [7, 11) is 0. The Morgan fingerprint density at radius 3 is 2.96 bits per heavy atom. The minimum atomic E-state index is 0.347. The Morgan fingerprint density at radius 2 is 2.21 bits per heavy atom. The quantitative estimate of drug-likeness (QED) is 0.666. The summed E-state index contributed by atoms with van der Waals surface area (Å²) in [5.74, 6) is 1.94. The van der Waals surface area contributed by atoms with E-state index in [1.165, 1.54) is 12.8 Å². The molecule has 1 aromatic rings. The number of para-hydroxylation sites is 1. The number of likely N-dealkylation sites (tertiary alicyclic amines) is 1. The highest BCUT2D eigenvalue weighted by Crippen LogP contribution is 2.38. The number of ether oxygens (including phenoxy) is 2. The Bertz CT molecular complexity index is 567. The maximum absolute atomic E-state index is 5.71. The van der Waals surface area contributed by atoms with Gasteiger partial charge >= 0.3 is 0 Å². The lowest BCUT2D eigenvalue weighted by Gasteiger charge is -2.25. The van der Waals surface area contributed by atoms with Crippen LogP contribution in [-0.2, 0) is 11.3 Å². The average Bonchev–Trinajstić information content (AvgIpc) is 3.23. The fraction of sp³-hybridized carbons (Fsp3) is 0.632. The third-order valence-electron chi connectivity index (χ3n) is 4.93. The van der Waals surface area contributed by atoms with Crippen LogP contribution in [0.4, 0.5) is 0 Å². The fourth-order valence-electron chi connectivity index (χ4n) is 3.60. The zero-order chi connectivity index (χ0) is 16.8. The smallest absolute Gasteiger partial charge is 0.194 e. The minimum absolute atomic E-state index is 0.347. The highest BCUT2D eigenvalue weighted by molar-refractivity contribution is 5.80. The van der Waals surface area contributed by atoms with Crippen molar-refractivity contribution in [1.82, 2.24) is 10.2 Å². The van der Waals surface area contributed by atoms with Crippen LogP contribution in [0.2, 0.25) is 0 Å². The molecule has 3 rings (SSSR count). The van der Waals surface area contributed by atoms with E-state index in [1.807, 2.05) is 25.1 Å². The molecule has 0 radical (unpaired) electrons. The summed E-state index contributed by atoms with van der Waals surface area (Å²) in [6.07, 6.45) is 2.38. The van der Waals surface area contributed by atoms with E-state index in [4.69, 9.17) is 14.5 Å². The number of hydrogen-bond donors (Lipinski definition) is 1. The summed E-state index contributed by atoms with van der Waals surface area (Å²) in [5, 5.41) is 3.45. The van der Waals surface area contributed by atoms with Gasteiger partial charge in [0.2, 0.25) is 0 Å². The molecule has 24 heavy (non-hydrogen) atoms. The Labute approximate surface area is 145 Å². The normalized spacial score (nSPS) is 23.9. The first-order valence-electron chi connectivity index (χ1n) is 9.08. The first kappa shape index (κ1) is 17.1. The molecule has 2 aliphatic rings. The first-order chi connectivity index (χ1) is 11.8. The van der Waals surface area contributed by atoms with Crippen LogP contribution >= 0.6 is 0 Å². The monoisotopic (exact) mass is 331 g/mol. The zero-order valence-electron chi connectivity index (χ0n) is 14.9. The van der Waals surface area contributed by atoms with Gasteiger partial charge in [0.1, 0.15) is 5.75 Å². The second-order valence-electron chi connectivity index (χ2n) is 6.69. The van der Waals surface area contributed by atoms with Gasteiger partial charge in [-0.05, 0) is 32.8 Å². The molecule has 0 bridgehead atoms. The summed E-state index contributed by atoms with van der Waals surface area (Å²) in [4.78, 5) is 7.26. The number of rotatable bonds is 5. The molecule has 2 saturated heterocycles. The van der Waals surface area contributed by atoms with Crippen LogP contribution in [0.5, 0.6) is 5.75 Å². The molecule has 5 heteroatoms. The van der Waals surface area contributed by atoms with Crippen molar-refractivity contribution >= 4 is 5.96 Å². The number of nitrogens with one attached hydrogen (secondary N) is 1. The third-order valence-corrected chi connectivity index (χ3v) is 4.93. The SMILES string of the molecule is CCNC(=NCc1ccccc1OCC)N1CCC2(CCOC2)C1. The minimum Gasteiger partial charge on any atom is -0.494 e. The van der Waals surface area contributed by atoms with Crippen molar-refractivity contribution in [2.45, 2.75) is 33.2 Å². The maximum atomic E-state index is 5.71. The molecule has 2 fully saturated rings. The van der Waals surface area contributed by atoms with Crippen LogP contribution in [0.1, 0.15) is 32.3 Å². The number of hydrogen-bond acceptors (Lipinski definition) is 3. The standard InChI is InChI=1S/C19H29N3O2/c1-3-20-18(22-11-9-19(14-22)10-12-23-15-19)21-13-16-7-5-6-8-17(16)24-4-2/h5-8H,3-4,9-15H2,1-2H3,(H,20,21). The van der Waals surface area contributed by atoms with Gasteiger partial charge in [-0.15, -0.1) is 0 Å². The Kier molecular flexibility index (Phi) is 5.61. The second kappa shape index (κ2) is 7.88. The third kappa shape index (κ3) is 3.83. The summed E-state index contributed by atoms with van der Waals surface area (Å²) >= 11 is 0. The van der Waals surface area contributed by atoms with Crippen LogP contribution in [0.15, 0.2) is 29.3 Å². The van der Waals surface area contributed by atoms with Crippen molar-refractivity contribution in [3.63, 3.8) is 0 Å². The van der Waals surface area contributed by atoms with Crippen molar-refractivity contribution in [1.29, 1.82) is 0 Å². The number of nitrogens with zero attached hydrogens (tertiary/aromatic N) is 2. The van der Waals surface area contributed by atoms with E-state index in [9.17, 15) is 0 Å². The molecular formula is C19H29N3O2. The highest BCUT2D eigenvalue weighted by Gasteiger charge is 2.42. The van der Waals surface area contributed by atoms with Crippen LogP contribution in [-0.4, -0.2) is 50.3 Å². The predicted octanol–water partition coefficient (Wildman–Crippen LogP) is 2.66. The van der Waals surface area contributed by atoms with E-state index in [-0.39, 0.29) is 0 Å². The van der Waals surface area contributed by atoms with Gasteiger partial charge in [-0.1, -0.05) is 18.2 Å². The molecule has 1 N–H and O–H groups in total. The summed E-state index contributed by atoms with van der Waals surface area (Å²) < 4.78 is 11.3. The van der Waals surface area contributed by atoms with E-state index < -0.39 is 0 Å². The van der Waals surface area contributed by atoms with Crippen molar-refractivity contribution in [2.75, 3.05) is 39.5 Å². The molecule has 0 amide bonds. The van der Waals surface area contributed by atoms with Crippen molar-refractivity contribution in [3.05, 3.63) is 29.8 Å². The van der Waals surface area contributed by atoms with E-state index in [1.54, 1.807) is 0 Å². The van der Waals surface area contributed by atoms with Gasteiger partial charge in [-0.25, -0.2) is 4.99 Å². The molecule has 132 valence electrons. The van der Waals surface area contributed by atoms with Crippen LogP contribution in [0, 0.1) is 5.41 Å².